The third kappa shape index (κ3) is 4.68. The van der Waals surface area contributed by atoms with Crippen LogP contribution in [0.1, 0.15) is 47.0 Å². The highest BCUT2D eigenvalue weighted by Crippen LogP contribution is 2.23. The molecule has 6 heteroatoms. The monoisotopic (exact) mass is 318 g/mol. The summed E-state index contributed by atoms with van der Waals surface area (Å²) in [7, 11) is -1.27. The molecule has 0 aromatic heterocycles. The van der Waals surface area contributed by atoms with Gasteiger partial charge in [0, 0.05) is 24.4 Å². The van der Waals surface area contributed by atoms with E-state index in [1.807, 2.05) is 23.8 Å². The number of nitrogens with zero attached hydrogens (tertiary/aromatic N) is 2. The molecule has 1 amide bonds. The fourth-order valence-corrected chi connectivity index (χ4v) is 3.99. The minimum Gasteiger partial charge on any atom is -0.336 e. The molecular weight excluding hydrogens is 288 g/mol. The number of likely N-dealkylation sites (N-methyl/N-ethyl adjacent to an activating group) is 1. The summed E-state index contributed by atoms with van der Waals surface area (Å²) in [6.07, 6.45) is 4.52. The van der Waals surface area contributed by atoms with E-state index in [0.29, 0.717) is 0 Å². The quantitative estimate of drug-likeness (QED) is 0.771. The van der Waals surface area contributed by atoms with Gasteiger partial charge in [-0.2, -0.15) is 0 Å². The molecule has 124 valence electrons. The van der Waals surface area contributed by atoms with E-state index in [9.17, 15) is 13.2 Å². The lowest BCUT2D eigenvalue weighted by Crippen LogP contribution is -2.52. The van der Waals surface area contributed by atoms with Gasteiger partial charge in [-0.1, -0.05) is 0 Å². The minimum atomic E-state index is -3.10. The predicted octanol–water partition coefficient (Wildman–Crippen LogP) is 1.53. The lowest BCUT2D eigenvalue weighted by atomic mass is 9.97. The van der Waals surface area contributed by atoms with E-state index < -0.39 is 15.1 Å². The lowest BCUT2D eigenvalue weighted by molar-refractivity contribution is -0.138. The van der Waals surface area contributed by atoms with Crippen LogP contribution in [0.25, 0.3) is 0 Å². The van der Waals surface area contributed by atoms with Crippen molar-refractivity contribution in [2.45, 2.75) is 70.3 Å². The highest BCUT2D eigenvalue weighted by atomic mass is 32.2. The van der Waals surface area contributed by atoms with Crippen LogP contribution in [0, 0.1) is 0 Å². The van der Waals surface area contributed by atoms with Crippen molar-refractivity contribution in [1.29, 1.82) is 0 Å². The number of amides is 1. The number of hydrogen-bond acceptors (Lipinski definition) is 4. The number of likely N-dealkylation sites (tertiary alicyclic amines) is 1. The summed E-state index contributed by atoms with van der Waals surface area (Å²) < 4.78 is 23.3. The SMILES string of the molecule is C[C@H]([C@H](C)S(C)(=O)=O)N(C)CC(=O)N1[C@H](C)CCC[C@@H]1C. The number of piperidine rings is 1. The Morgan fingerprint density at radius 2 is 1.71 bits per heavy atom. The van der Waals surface area contributed by atoms with Crippen LogP contribution in [0.15, 0.2) is 0 Å². The van der Waals surface area contributed by atoms with E-state index in [0.717, 1.165) is 12.8 Å². The Morgan fingerprint density at radius 1 is 1.24 bits per heavy atom. The molecule has 0 aromatic rings. The number of carbonyl (C=O) groups excluding carboxylic acids is 1. The van der Waals surface area contributed by atoms with Gasteiger partial charge in [0.15, 0.2) is 9.84 Å². The number of carbonyl (C=O) groups is 1. The van der Waals surface area contributed by atoms with Crippen molar-refractivity contribution in [1.82, 2.24) is 9.80 Å². The van der Waals surface area contributed by atoms with Crippen molar-refractivity contribution in [3.05, 3.63) is 0 Å². The topological polar surface area (TPSA) is 57.7 Å². The summed E-state index contributed by atoms with van der Waals surface area (Å²) in [6.45, 7) is 8.02. The van der Waals surface area contributed by atoms with Crippen LogP contribution in [0.3, 0.4) is 0 Å². The Labute approximate surface area is 129 Å². The molecule has 1 fully saturated rings. The average molecular weight is 318 g/mol. The third-order valence-corrected chi connectivity index (χ3v) is 6.66. The van der Waals surface area contributed by atoms with Crippen molar-refractivity contribution in [2.24, 2.45) is 0 Å². The van der Waals surface area contributed by atoms with Gasteiger partial charge >= 0.3 is 0 Å². The Morgan fingerprint density at radius 3 is 2.14 bits per heavy atom. The predicted molar refractivity (Wildman–Crippen MR) is 86.0 cm³/mol. The maximum atomic E-state index is 12.5. The highest BCUT2D eigenvalue weighted by Gasteiger charge is 2.31. The summed E-state index contributed by atoms with van der Waals surface area (Å²) >= 11 is 0. The molecule has 0 spiro atoms. The number of sulfone groups is 1. The van der Waals surface area contributed by atoms with Crippen LogP contribution in [-0.2, 0) is 14.6 Å². The summed E-state index contributed by atoms with van der Waals surface area (Å²) in [4.78, 5) is 16.4. The zero-order valence-corrected chi connectivity index (χ0v) is 15.0. The maximum absolute atomic E-state index is 12.5. The summed E-state index contributed by atoms with van der Waals surface area (Å²) in [5.41, 5.74) is 0. The van der Waals surface area contributed by atoms with Gasteiger partial charge in [-0.3, -0.25) is 9.69 Å². The first-order chi connectivity index (χ1) is 9.55. The molecule has 4 atom stereocenters. The van der Waals surface area contributed by atoms with E-state index in [1.54, 1.807) is 6.92 Å². The van der Waals surface area contributed by atoms with Crippen LogP contribution in [0.5, 0.6) is 0 Å². The Bertz CT molecular complexity index is 454. The highest BCUT2D eigenvalue weighted by molar-refractivity contribution is 7.91. The van der Waals surface area contributed by atoms with Crippen molar-refractivity contribution in [3.63, 3.8) is 0 Å². The van der Waals surface area contributed by atoms with E-state index in [2.05, 4.69) is 13.8 Å². The molecule has 0 radical (unpaired) electrons. The van der Waals surface area contributed by atoms with Gasteiger partial charge in [0.1, 0.15) is 0 Å². The van der Waals surface area contributed by atoms with Crippen molar-refractivity contribution >= 4 is 15.7 Å². The first kappa shape index (κ1) is 18.4. The molecule has 0 aromatic carbocycles. The maximum Gasteiger partial charge on any atom is 0.237 e. The fourth-order valence-electron chi connectivity index (χ4n) is 3.07. The summed E-state index contributed by atoms with van der Waals surface area (Å²) in [6, 6.07) is 0.369. The van der Waals surface area contributed by atoms with E-state index >= 15 is 0 Å². The van der Waals surface area contributed by atoms with Gasteiger partial charge in [-0.25, -0.2) is 8.42 Å². The second-order valence-electron chi connectivity index (χ2n) is 6.62. The Balaban J connectivity index is 2.69. The van der Waals surface area contributed by atoms with E-state index in [4.69, 9.17) is 0 Å². The minimum absolute atomic E-state index is 0.102. The zero-order valence-electron chi connectivity index (χ0n) is 14.2. The van der Waals surface area contributed by atoms with Gasteiger partial charge < -0.3 is 4.90 Å². The summed E-state index contributed by atoms with van der Waals surface area (Å²) in [5, 5.41) is -0.480. The van der Waals surface area contributed by atoms with E-state index in [1.165, 1.54) is 12.7 Å². The molecule has 1 rings (SSSR count). The molecule has 5 nitrogen and oxygen atoms in total. The number of rotatable bonds is 5. The molecule has 0 bridgehead atoms. The molecule has 1 aliphatic rings. The van der Waals surface area contributed by atoms with Crippen LogP contribution in [0.2, 0.25) is 0 Å². The van der Waals surface area contributed by atoms with Gasteiger partial charge in [0.05, 0.1) is 11.8 Å². The second-order valence-corrected chi connectivity index (χ2v) is 9.02. The van der Waals surface area contributed by atoms with Crippen LogP contribution in [0.4, 0.5) is 0 Å². The average Bonchev–Trinajstić information content (AvgIpc) is 2.35. The molecule has 0 aliphatic carbocycles. The summed E-state index contributed by atoms with van der Waals surface area (Å²) in [5.74, 6) is 0.102. The zero-order chi connectivity index (χ0) is 16.4. The van der Waals surface area contributed by atoms with Crippen LogP contribution in [-0.4, -0.2) is 67.3 Å². The molecule has 1 saturated heterocycles. The molecule has 21 heavy (non-hydrogen) atoms. The second kappa shape index (κ2) is 7.09. The van der Waals surface area contributed by atoms with Crippen molar-refractivity contribution in [2.75, 3.05) is 19.8 Å². The van der Waals surface area contributed by atoms with Crippen molar-refractivity contribution in [3.8, 4) is 0 Å². The molecule has 0 N–H and O–H groups in total. The van der Waals surface area contributed by atoms with Gasteiger partial charge in [-0.05, 0) is 54.0 Å². The number of hydrogen-bond donors (Lipinski definition) is 0. The molecular formula is C15H30N2O3S. The first-order valence-corrected chi connectivity index (χ1v) is 9.71. The lowest BCUT2D eigenvalue weighted by Gasteiger charge is -2.40. The molecule has 1 aliphatic heterocycles. The van der Waals surface area contributed by atoms with Crippen LogP contribution < -0.4 is 0 Å². The van der Waals surface area contributed by atoms with Crippen molar-refractivity contribution < 1.29 is 13.2 Å². The van der Waals surface area contributed by atoms with Gasteiger partial charge in [-0.15, -0.1) is 0 Å². The van der Waals surface area contributed by atoms with E-state index in [-0.39, 0.29) is 30.6 Å². The fraction of sp³-hybridized carbons (Fsp3) is 0.933. The molecule has 0 unspecified atom stereocenters. The van der Waals surface area contributed by atoms with Crippen LogP contribution >= 0.6 is 0 Å². The standard InChI is InChI=1S/C15H30N2O3S/c1-11-8-7-9-12(2)17(11)15(18)10-16(5)13(3)14(4)21(6,19)20/h11-14H,7-10H2,1-6H3/t11-,12+,13-,14+/m1/s1. The smallest absolute Gasteiger partial charge is 0.237 e. The van der Waals surface area contributed by atoms with Gasteiger partial charge in [0.2, 0.25) is 5.91 Å². The Kier molecular flexibility index (Phi) is 6.23. The largest absolute Gasteiger partial charge is 0.336 e. The Hall–Kier alpha value is -0.620. The normalized spacial score (nSPS) is 26.7. The molecule has 1 heterocycles. The molecule has 0 saturated carbocycles. The van der Waals surface area contributed by atoms with Gasteiger partial charge in [0.25, 0.3) is 0 Å². The first-order valence-electron chi connectivity index (χ1n) is 7.76. The third-order valence-electron chi connectivity index (χ3n) is 4.92.